The van der Waals surface area contributed by atoms with Crippen molar-refractivity contribution in [1.29, 1.82) is 0 Å². The average Bonchev–Trinajstić information content (AvgIpc) is 3.22. The largest absolute Gasteiger partial charge is 0.481 e. The number of thiophene rings is 1. The number of allylic oxidation sites excluding steroid dienone is 2. The van der Waals surface area contributed by atoms with E-state index in [0.29, 0.717) is 32.1 Å². The second kappa shape index (κ2) is 11.4. The quantitative estimate of drug-likeness (QED) is 0.341. The van der Waals surface area contributed by atoms with Crippen molar-refractivity contribution >= 4 is 17.3 Å². The molecule has 0 aliphatic heterocycles. The number of hydrogen-bond acceptors (Lipinski definition) is 5. The molecule has 0 bridgehead atoms. The van der Waals surface area contributed by atoms with Gasteiger partial charge >= 0.3 is 5.97 Å². The van der Waals surface area contributed by atoms with Gasteiger partial charge in [0.15, 0.2) is 0 Å². The fourth-order valence-corrected chi connectivity index (χ4v) is 4.27. The van der Waals surface area contributed by atoms with Crippen LogP contribution in [-0.4, -0.2) is 44.7 Å². The molecule has 0 spiro atoms. The summed E-state index contributed by atoms with van der Waals surface area (Å²) in [5, 5.41) is 41.3. The smallest absolute Gasteiger partial charge is 0.303 e. The minimum Gasteiger partial charge on any atom is -0.481 e. The minimum absolute atomic E-state index is 0.0866. The van der Waals surface area contributed by atoms with Crippen LogP contribution in [-0.2, 0) is 11.2 Å². The van der Waals surface area contributed by atoms with Gasteiger partial charge in [-0.05, 0) is 49.5 Å². The van der Waals surface area contributed by atoms with Crippen molar-refractivity contribution in [1.82, 2.24) is 0 Å². The van der Waals surface area contributed by atoms with E-state index in [1.54, 1.807) is 17.4 Å². The molecule has 0 amide bonds. The molecule has 1 heterocycles. The van der Waals surface area contributed by atoms with E-state index in [1.165, 1.54) is 4.88 Å². The van der Waals surface area contributed by atoms with Crippen molar-refractivity contribution in [3.63, 3.8) is 0 Å². The number of rotatable bonds is 11. The lowest BCUT2D eigenvalue weighted by molar-refractivity contribution is -0.137. The number of hydrogen-bond donors (Lipinski definition) is 4. The molecular formula is C21H30O5S. The van der Waals surface area contributed by atoms with Gasteiger partial charge in [-0.15, -0.1) is 11.3 Å². The highest BCUT2D eigenvalue weighted by molar-refractivity contribution is 7.09. The third-order valence-corrected chi connectivity index (χ3v) is 6.01. The van der Waals surface area contributed by atoms with E-state index in [4.69, 9.17) is 5.11 Å². The topological polar surface area (TPSA) is 98.0 Å². The van der Waals surface area contributed by atoms with Gasteiger partial charge in [0.25, 0.3) is 0 Å². The molecular weight excluding hydrogens is 364 g/mol. The fourth-order valence-electron chi connectivity index (χ4n) is 3.55. The van der Waals surface area contributed by atoms with Crippen molar-refractivity contribution in [3.8, 4) is 0 Å². The van der Waals surface area contributed by atoms with Gasteiger partial charge in [0.2, 0.25) is 0 Å². The second-order valence-corrected chi connectivity index (χ2v) is 8.21. The van der Waals surface area contributed by atoms with Crippen molar-refractivity contribution in [2.45, 2.75) is 63.3 Å². The third-order valence-electron chi connectivity index (χ3n) is 5.07. The van der Waals surface area contributed by atoms with Crippen LogP contribution in [0.15, 0.2) is 41.8 Å². The van der Waals surface area contributed by atoms with Crippen molar-refractivity contribution in [3.05, 3.63) is 46.7 Å². The van der Waals surface area contributed by atoms with Gasteiger partial charge in [-0.1, -0.05) is 30.4 Å². The molecule has 0 aromatic carbocycles. The second-order valence-electron chi connectivity index (χ2n) is 7.17. The van der Waals surface area contributed by atoms with Crippen LogP contribution in [0.25, 0.3) is 0 Å². The van der Waals surface area contributed by atoms with Crippen LogP contribution < -0.4 is 0 Å². The molecule has 4 N–H and O–H groups in total. The lowest BCUT2D eigenvalue weighted by Crippen LogP contribution is -2.20. The van der Waals surface area contributed by atoms with Crippen LogP contribution in [0.1, 0.15) is 43.4 Å². The number of aliphatic hydroxyl groups excluding tert-OH is 3. The molecule has 5 unspecified atom stereocenters. The van der Waals surface area contributed by atoms with E-state index < -0.39 is 24.3 Å². The number of unbranched alkanes of at least 4 members (excludes halogenated alkanes) is 1. The average molecular weight is 395 g/mol. The van der Waals surface area contributed by atoms with Gasteiger partial charge in [0, 0.05) is 23.6 Å². The Morgan fingerprint density at radius 2 is 2.11 bits per heavy atom. The molecule has 5 nitrogen and oxygen atoms in total. The van der Waals surface area contributed by atoms with E-state index in [2.05, 4.69) is 6.07 Å². The summed E-state index contributed by atoms with van der Waals surface area (Å²) in [7, 11) is 0. The van der Waals surface area contributed by atoms with Gasteiger partial charge in [0.1, 0.15) is 0 Å². The Balaban J connectivity index is 1.81. The fraction of sp³-hybridized carbons (Fsp3) is 0.571. The predicted octanol–water partition coefficient (Wildman–Crippen LogP) is 3.16. The number of aliphatic carboxylic acids is 1. The Labute approximate surface area is 164 Å². The van der Waals surface area contributed by atoms with Crippen LogP contribution in [0.2, 0.25) is 0 Å². The van der Waals surface area contributed by atoms with Crippen LogP contribution in [0.4, 0.5) is 0 Å². The lowest BCUT2D eigenvalue weighted by atomic mass is 9.89. The number of carboxylic acid groups (broad SMARTS) is 1. The van der Waals surface area contributed by atoms with Gasteiger partial charge in [-0.3, -0.25) is 4.79 Å². The van der Waals surface area contributed by atoms with Gasteiger partial charge < -0.3 is 20.4 Å². The molecule has 6 heteroatoms. The summed E-state index contributed by atoms with van der Waals surface area (Å²) in [5.41, 5.74) is 0. The molecule has 1 aliphatic rings. The normalized spacial score (nSPS) is 26.9. The molecule has 1 aromatic heterocycles. The molecule has 27 heavy (non-hydrogen) atoms. The van der Waals surface area contributed by atoms with E-state index in [-0.39, 0.29) is 18.3 Å². The maximum atomic E-state index is 10.5. The SMILES string of the molecule is O=C(O)CCC/C=C/CC1C(O)CC(O)C1/C=C/C(O)CCc1cccs1. The Kier molecular flexibility index (Phi) is 9.21. The summed E-state index contributed by atoms with van der Waals surface area (Å²) in [6, 6.07) is 4.05. The number of aliphatic hydroxyl groups is 3. The summed E-state index contributed by atoms with van der Waals surface area (Å²) in [6.07, 6.45) is 9.63. The first-order valence-corrected chi connectivity index (χ1v) is 10.5. The predicted molar refractivity (Wildman–Crippen MR) is 107 cm³/mol. The Bertz CT molecular complexity index is 610. The van der Waals surface area contributed by atoms with Crippen molar-refractivity contribution in [2.24, 2.45) is 11.8 Å². The van der Waals surface area contributed by atoms with E-state index in [9.17, 15) is 20.1 Å². The number of aryl methyl sites for hydroxylation is 1. The van der Waals surface area contributed by atoms with Crippen LogP contribution in [0, 0.1) is 11.8 Å². The molecule has 1 aliphatic carbocycles. The molecule has 2 rings (SSSR count). The van der Waals surface area contributed by atoms with E-state index in [0.717, 1.165) is 6.42 Å². The van der Waals surface area contributed by atoms with Gasteiger partial charge in [-0.25, -0.2) is 0 Å². The molecule has 150 valence electrons. The number of carbonyl (C=O) groups is 1. The van der Waals surface area contributed by atoms with Gasteiger partial charge in [-0.2, -0.15) is 0 Å². The summed E-state index contributed by atoms with van der Waals surface area (Å²) in [6.45, 7) is 0. The lowest BCUT2D eigenvalue weighted by Gasteiger charge is -2.19. The zero-order valence-electron chi connectivity index (χ0n) is 15.5. The molecule has 1 aromatic rings. The summed E-state index contributed by atoms with van der Waals surface area (Å²) in [4.78, 5) is 11.7. The first-order chi connectivity index (χ1) is 13.0. The van der Waals surface area contributed by atoms with Crippen LogP contribution >= 0.6 is 11.3 Å². The summed E-state index contributed by atoms with van der Waals surface area (Å²) < 4.78 is 0. The van der Waals surface area contributed by atoms with Gasteiger partial charge in [0.05, 0.1) is 18.3 Å². The standard InChI is InChI=1S/C21H30O5S/c22-15(9-11-16-6-5-13-27-16)10-12-18-17(19(23)14-20(18)24)7-3-1-2-4-8-21(25)26/h1,3,5-6,10,12-13,15,17-20,22-24H,2,4,7-9,11,14H2,(H,25,26)/b3-1+,12-10+. The van der Waals surface area contributed by atoms with Crippen LogP contribution in [0.3, 0.4) is 0 Å². The maximum absolute atomic E-state index is 10.5. The highest BCUT2D eigenvalue weighted by atomic mass is 32.1. The first-order valence-electron chi connectivity index (χ1n) is 9.59. The van der Waals surface area contributed by atoms with E-state index in [1.807, 2.05) is 29.7 Å². The zero-order valence-corrected chi connectivity index (χ0v) is 16.3. The van der Waals surface area contributed by atoms with Crippen molar-refractivity contribution in [2.75, 3.05) is 0 Å². The third kappa shape index (κ3) is 7.58. The van der Waals surface area contributed by atoms with Crippen LogP contribution in [0.5, 0.6) is 0 Å². The highest BCUT2D eigenvalue weighted by Gasteiger charge is 2.39. The minimum atomic E-state index is -0.791. The summed E-state index contributed by atoms with van der Waals surface area (Å²) >= 11 is 1.68. The Morgan fingerprint density at radius 3 is 2.81 bits per heavy atom. The Morgan fingerprint density at radius 1 is 1.30 bits per heavy atom. The molecule has 1 fully saturated rings. The molecule has 0 radical (unpaired) electrons. The zero-order chi connectivity index (χ0) is 19.6. The van der Waals surface area contributed by atoms with E-state index >= 15 is 0 Å². The molecule has 1 saturated carbocycles. The molecule has 5 atom stereocenters. The Hall–Kier alpha value is -1.47. The first kappa shape index (κ1) is 21.8. The number of carboxylic acids is 1. The molecule has 0 saturated heterocycles. The maximum Gasteiger partial charge on any atom is 0.303 e. The van der Waals surface area contributed by atoms with Crippen molar-refractivity contribution < 1.29 is 25.2 Å². The monoisotopic (exact) mass is 394 g/mol. The highest BCUT2D eigenvalue weighted by Crippen LogP contribution is 2.36. The summed E-state index contributed by atoms with van der Waals surface area (Å²) in [5.74, 6) is -1.06.